The lowest BCUT2D eigenvalue weighted by molar-refractivity contribution is 0.669. The fourth-order valence-corrected chi connectivity index (χ4v) is 8.12. The first-order valence-corrected chi connectivity index (χ1v) is 18.6. The minimum Gasteiger partial charge on any atom is -0.456 e. The summed E-state index contributed by atoms with van der Waals surface area (Å²) in [6, 6.07) is 68.7. The number of fused-ring (bicyclic) bond motifs is 9. The fourth-order valence-electron chi connectivity index (χ4n) is 8.12. The molecular weight excluding hydrogens is 669 g/mol. The number of benzene rings is 9. The van der Waals surface area contributed by atoms with E-state index >= 15 is 0 Å². The topological polar surface area (TPSA) is 38.9 Å². The van der Waals surface area contributed by atoms with Gasteiger partial charge in [-0.2, -0.15) is 0 Å². The second kappa shape index (κ2) is 12.6. The number of nitrogens with zero attached hydrogens (tertiary/aromatic N) is 2. The predicted molar refractivity (Wildman–Crippen MR) is 229 cm³/mol. The number of hydrogen-bond donors (Lipinski definition) is 0. The van der Waals surface area contributed by atoms with E-state index in [9.17, 15) is 0 Å². The molecular formula is C52H32N2O. The van der Waals surface area contributed by atoms with Gasteiger partial charge in [0.15, 0.2) is 5.82 Å². The lowest BCUT2D eigenvalue weighted by Crippen LogP contribution is -1.96. The highest BCUT2D eigenvalue weighted by molar-refractivity contribution is 6.25. The summed E-state index contributed by atoms with van der Waals surface area (Å²) < 4.78 is 6.07. The van der Waals surface area contributed by atoms with E-state index in [0.29, 0.717) is 5.82 Å². The quantitative estimate of drug-likeness (QED) is 0.168. The van der Waals surface area contributed by atoms with Gasteiger partial charge in [0.1, 0.15) is 11.2 Å². The summed E-state index contributed by atoms with van der Waals surface area (Å²) >= 11 is 0. The van der Waals surface area contributed by atoms with Crippen molar-refractivity contribution in [2.45, 2.75) is 0 Å². The van der Waals surface area contributed by atoms with Crippen LogP contribution in [0.2, 0.25) is 0 Å². The van der Waals surface area contributed by atoms with Crippen molar-refractivity contribution in [3.8, 4) is 56.2 Å². The zero-order chi connectivity index (χ0) is 36.3. The lowest BCUT2D eigenvalue weighted by atomic mass is 9.92. The first-order valence-electron chi connectivity index (χ1n) is 18.6. The minimum atomic E-state index is 0.701. The molecule has 0 fully saturated rings. The zero-order valence-corrected chi connectivity index (χ0v) is 29.8. The van der Waals surface area contributed by atoms with E-state index in [-0.39, 0.29) is 0 Å². The molecule has 0 aliphatic carbocycles. The average Bonchev–Trinajstić information content (AvgIpc) is 3.65. The van der Waals surface area contributed by atoms with Crippen LogP contribution in [-0.4, -0.2) is 9.97 Å². The molecule has 2 aromatic heterocycles. The van der Waals surface area contributed by atoms with Crippen LogP contribution >= 0.6 is 0 Å². The van der Waals surface area contributed by atoms with Crippen molar-refractivity contribution in [1.29, 1.82) is 0 Å². The maximum Gasteiger partial charge on any atom is 0.160 e. The van der Waals surface area contributed by atoms with Crippen LogP contribution in [0.1, 0.15) is 0 Å². The summed E-state index contributed by atoms with van der Waals surface area (Å²) in [6.07, 6.45) is 0. The molecule has 3 heteroatoms. The third-order valence-corrected chi connectivity index (χ3v) is 10.9. The Balaban J connectivity index is 0.963. The largest absolute Gasteiger partial charge is 0.456 e. The molecule has 11 rings (SSSR count). The monoisotopic (exact) mass is 700 g/mol. The van der Waals surface area contributed by atoms with Crippen molar-refractivity contribution >= 4 is 54.3 Å². The van der Waals surface area contributed by atoms with E-state index in [1.54, 1.807) is 0 Å². The predicted octanol–water partition coefficient (Wildman–Crippen LogP) is 14.2. The van der Waals surface area contributed by atoms with Gasteiger partial charge in [-0.05, 0) is 84.9 Å². The molecule has 11 aromatic rings. The number of aromatic nitrogens is 2. The highest BCUT2D eigenvalue weighted by Crippen LogP contribution is 2.38. The molecule has 9 aromatic carbocycles. The summed E-state index contributed by atoms with van der Waals surface area (Å²) in [5.74, 6) is 0.701. The Kier molecular flexibility index (Phi) is 7.17. The molecule has 256 valence electrons. The van der Waals surface area contributed by atoms with E-state index < -0.39 is 0 Å². The summed E-state index contributed by atoms with van der Waals surface area (Å²) in [5, 5.41) is 9.93. The van der Waals surface area contributed by atoms with Crippen LogP contribution in [0.4, 0.5) is 0 Å². The smallest absolute Gasteiger partial charge is 0.160 e. The van der Waals surface area contributed by atoms with E-state index in [1.165, 1.54) is 37.9 Å². The van der Waals surface area contributed by atoms with E-state index in [0.717, 1.165) is 66.7 Å². The maximum absolute atomic E-state index is 6.07. The van der Waals surface area contributed by atoms with Gasteiger partial charge in [0.05, 0.1) is 11.4 Å². The van der Waals surface area contributed by atoms with Crippen LogP contribution in [0.25, 0.3) is 110 Å². The lowest BCUT2D eigenvalue weighted by Gasteiger charge is -2.13. The van der Waals surface area contributed by atoms with E-state index in [1.807, 2.05) is 30.3 Å². The van der Waals surface area contributed by atoms with Crippen LogP contribution in [0.3, 0.4) is 0 Å². The van der Waals surface area contributed by atoms with Gasteiger partial charge in [0.25, 0.3) is 0 Å². The molecule has 3 nitrogen and oxygen atoms in total. The Bertz CT molecular complexity index is 3200. The van der Waals surface area contributed by atoms with Crippen molar-refractivity contribution in [3.63, 3.8) is 0 Å². The standard InChI is InChI=1S/C52H32N2O/c1-2-10-37(11-3-1)52-53-48(32-49(54-52)36-24-20-34(21-25-36)39-27-29-51-47(31-39)45-16-8-9-17-50(45)55-51)35-22-18-33(19-23-35)38-26-28-44-42-14-5-4-12-40(42)41-13-6-7-15-43(41)46(44)30-38/h1-32H. The summed E-state index contributed by atoms with van der Waals surface area (Å²) in [7, 11) is 0. The van der Waals surface area contributed by atoms with Gasteiger partial charge in [0.2, 0.25) is 0 Å². The molecule has 2 heterocycles. The van der Waals surface area contributed by atoms with Gasteiger partial charge in [-0.15, -0.1) is 0 Å². The average molecular weight is 701 g/mol. The summed E-state index contributed by atoms with van der Waals surface area (Å²) in [6.45, 7) is 0. The molecule has 0 saturated carbocycles. The molecule has 0 atom stereocenters. The molecule has 0 unspecified atom stereocenters. The third kappa shape index (κ3) is 5.36. The maximum atomic E-state index is 6.07. The van der Waals surface area contributed by atoms with Crippen LogP contribution in [0.5, 0.6) is 0 Å². The third-order valence-electron chi connectivity index (χ3n) is 10.9. The number of furan rings is 1. The highest BCUT2D eigenvalue weighted by atomic mass is 16.3. The van der Waals surface area contributed by atoms with Crippen molar-refractivity contribution < 1.29 is 4.42 Å². The van der Waals surface area contributed by atoms with Gasteiger partial charge in [0, 0.05) is 27.5 Å². The SMILES string of the molecule is c1ccc(-c2nc(-c3ccc(-c4ccc5oc6ccccc6c5c4)cc3)cc(-c3ccc(-c4ccc5c6ccccc6c6ccccc6c5c4)cc3)n2)cc1. The van der Waals surface area contributed by atoms with Gasteiger partial charge in [-0.1, -0.05) is 164 Å². The molecule has 0 saturated heterocycles. The second-order valence-electron chi connectivity index (χ2n) is 14.1. The molecule has 0 aliphatic heterocycles. The number of para-hydroxylation sites is 1. The normalized spacial score (nSPS) is 11.6. The van der Waals surface area contributed by atoms with Crippen LogP contribution < -0.4 is 0 Å². The first kappa shape index (κ1) is 31.2. The summed E-state index contributed by atoms with van der Waals surface area (Å²) in [5.41, 5.74) is 11.3. The molecule has 0 spiro atoms. The van der Waals surface area contributed by atoms with Crippen molar-refractivity contribution in [3.05, 3.63) is 194 Å². The van der Waals surface area contributed by atoms with Crippen LogP contribution in [0.15, 0.2) is 199 Å². The van der Waals surface area contributed by atoms with Gasteiger partial charge >= 0.3 is 0 Å². The van der Waals surface area contributed by atoms with Crippen LogP contribution in [-0.2, 0) is 0 Å². The molecule has 0 aliphatic rings. The first-order chi connectivity index (χ1) is 27.2. The molecule has 0 N–H and O–H groups in total. The highest BCUT2D eigenvalue weighted by Gasteiger charge is 2.14. The minimum absolute atomic E-state index is 0.701. The molecule has 55 heavy (non-hydrogen) atoms. The van der Waals surface area contributed by atoms with Gasteiger partial charge in [-0.25, -0.2) is 9.97 Å². The van der Waals surface area contributed by atoms with Crippen molar-refractivity contribution in [2.24, 2.45) is 0 Å². The Hall–Kier alpha value is -7.36. The Labute approximate surface area is 317 Å². The zero-order valence-electron chi connectivity index (χ0n) is 29.8. The molecule has 0 radical (unpaired) electrons. The van der Waals surface area contributed by atoms with Crippen molar-refractivity contribution in [1.82, 2.24) is 9.97 Å². The Morgan fingerprint density at radius 3 is 1.27 bits per heavy atom. The van der Waals surface area contributed by atoms with Gasteiger partial charge in [-0.3, -0.25) is 0 Å². The van der Waals surface area contributed by atoms with E-state index in [4.69, 9.17) is 14.4 Å². The van der Waals surface area contributed by atoms with Crippen molar-refractivity contribution in [2.75, 3.05) is 0 Å². The summed E-state index contributed by atoms with van der Waals surface area (Å²) in [4.78, 5) is 10.2. The number of rotatable bonds is 5. The Morgan fingerprint density at radius 1 is 0.255 bits per heavy atom. The fraction of sp³-hybridized carbons (Fsp3) is 0. The van der Waals surface area contributed by atoms with Gasteiger partial charge < -0.3 is 4.42 Å². The number of hydrogen-bond acceptors (Lipinski definition) is 3. The van der Waals surface area contributed by atoms with E-state index in [2.05, 4.69) is 164 Å². The van der Waals surface area contributed by atoms with Crippen LogP contribution in [0, 0.1) is 0 Å². The Morgan fingerprint density at radius 2 is 0.673 bits per heavy atom. The molecule has 0 bridgehead atoms. The molecule has 0 amide bonds. The second-order valence-corrected chi connectivity index (χ2v) is 14.1.